The lowest BCUT2D eigenvalue weighted by molar-refractivity contribution is 0.185. The molecule has 1 aliphatic carbocycles. The molecular weight excluding hydrogens is 311 g/mol. The van der Waals surface area contributed by atoms with Crippen molar-refractivity contribution in [3.05, 3.63) is 72.1 Å². The van der Waals surface area contributed by atoms with Crippen LogP contribution in [0.1, 0.15) is 49.1 Å². The van der Waals surface area contributed by atoms with E-state index >= 15 is 0 Å². The second-order valence-corrected chi connectivity index (χ2v) is 7.07. The molecule has 0 unspecified atom stereocenters. The van der Waals surface area contributed by atoms with E-state index in [1.54, 1.807) is 13.2 Å². The molecule has 0 aromatic heterocycles. The van der Waals surface area contributed by atoms with Gasteiger partial charge < -0.3 is 4.74 Å². The van der Waals surface area contributed by atoms with Crippen LogP contribution >= 0.6 is 0 Å². The Morgan fingerprint density at radius 1 is 0.920 bits per heavy atom. The van der Waals surface area contributed by atoms with Gasteiger partial charge in [-0.3, -0.25) is 0 Å². The maximum atomic E-state index is 12.1. The third kappa shape index (κ3) is 4.79. The topological polar surface area (TPSA) is 9.23 Å². The van der Waals surface area contributed by atoms with E-state index in [1.165, 1.54) is 47.9 Å². The molecule has 0 radical (unpaired) electrons. The minimum Gasteiger partial charge on any atom is -0.380 e. The first-order chi connectivity index (χ1) is 12.3. The summed E-state index contributed by atoms with van der Waals surface area (Å²) in [4.78, 5) is 0. The molecule has 0 saturated heterocycles. The van der Waals surface area contributed by atoms with E-state index < -0.39 is 0 Å². The van der Waals surface area contributed by atoms with Gasteiger partial charge in [0.1, 0.15) is 0 Å². The highest BCUT2D eigenvalue weighted by atomic mass is 19.1. The third-order valence-electron chi connectivity index (χ3n) is 5.39. The molecule has 0 amide bonds. The minimum absolute atomic E-state index is 0.656. The Labute approximate surface area is 150 Å². The molecule has 0 heterocycles. The molecule has 1 aliphatic rings. The van der Waals surface area contributed by atoms with Crippen molar-refractivity contribution in [2.24, 2.45) is 5.92 Å². The van der Waals surface area contributed by atoms with Gasteiger partial charge >= 0.3 is 0 Å². The van der Waals surface area contributed by atoms with Crippen molar-refractivity contribution in [1.82, 2.24) is 0 Å². The second kappa shape index (κ2) is 8.96. The van der Waals surface area contributed by atoms with Gasteiger partial charge in [-0.2, -0.15) is 0 Å². The van der Waals surface area contributed by atoms with Crippen LogP contribution in [-0.2, 0) is 11.3 Å². The van der Waals surface area contributed by atoms with Crippen LogP contribution in [0.4, 0.5) is 4.39 Å². The van der Waals surface area contributed by atoms with E-state index in [9.17, 15) is 4.39 Å². The van der Waals surface area contributed by atoms with E-state index in [4.69, 9.17) is 4.74 Å². The summed E-state index contributed by atoms with van der Waals surface area (Å²) in [5, 5.41) is 0. The molecule has 132 valence electrons. The molecule has 1 fully saturated rings. The maximum absolute atomic E-state index is 12.1. The largest absolute Gasteiger partial charge is 0.380 e. The number of halogens is 1. The van der Waals surface area contributed by atoms with Gasteiger partial charge in [0.15, 0.2) is 0 Å². The normalized spacial score (nSPS) is 20.9. The van der Waals surface area contributed by atoms with Crippen LogP contribution in [0.3, 0.4) is 0 Å². The van der Waals surface area contributed by atoms with Crippen LogP contribution in [0.2, 0.25) is 0 Å². The van der Waals surface area contributed by atoms with E-state index in [2.05, 4.69) is 48.5 Å². The van der Waals surface area contributed by atoms with Crippen molar-refractivity contribution in [2.45, 2.75) is 44.6 Å². The lowest BCUT2D eigenvalue weighted by Crippen LogP contribution is -2.12. The summed E-state index contributed by atoms with van der Waals surface area (Å²) in [7, 11) is 1.72. The second-order valence-electron chi connectivity index (χ2n) is 7.07. The van der Waals surface area contributed by atoms with E-state index in [-0.39, 0.29) is 0 Å². The first-order valence-electron chi connectivity index (χ1n) is 9.23. The third-order valence-corrected chi connectivity index (χ3v) is 5.39. The zero-order valence-corrected chi connectivity index (χ0v) is 15.0. The lowest BCUT2D eigenvalue weighted by Gasteiger charge is -2.28. The number of benzene rings is 2. The van der Waals surface area contributed by atoms with Crippen LogP contribution in [0, 0.1) is 5.92 Å². The molecule has 0 N–H and O–H groups in total. The number of hydrogen-bond donors (Lipinski definition) is 0. The Morgan fingerprint density at radius 2 is 1.52 bits per heavy atom. The first-order valence-corrected chi connectivity index (χ1v) is 9.23. The van der Waals surface area contributed by atoms with Crippen LogP contribution in [0.5, 0.6) is 0 Å². The molecule has 2 heteroatoms. The fourth-order valence-electron chi connectivity index (χ4n) is 3.88. The molecule has 2 aromatic carbocycles. The lowest BCUT2D eigenvalue weighted by atomic mass is 9.77. The predicted molar refractivity (Wildman–Crippen MR) is 102 cm³/mol. The van der Waals surface area contributed by atoms with Gasteiger partial charge in [-0.15, -0.1) is 0 Å². The summed E-state index contributed by atoms with van der Waals surface area (Å²) in [5.74, 6) is 1.32. The molecule has 0 aliphatic heterocycles. The molecule has 1 saturated carbocycles. The van der Waals surface area contributed by atoms with Gasteiger partial charge in [0.05, 0.1) is 12.9 Å². The van der Waals surface area contributed by atoms with Crippen molar-refractivity contribution in [3.63, 3.8) is 0 Å². The zero-order chi connectivity index (χ0) is 17.5. The Kier molecular flexibility index (Phi) is 6.41. The Morgan fingerprint density at radius 3 is 2.08 bits per heavy atom. The predicted octanol–water partition coefficient (Wildman–Crippen LogP) is 6.65. The molecule has 25 heavy (non-hydrogen) atoms. The number of hydrogen-bond acceptors (Lipinski definition) is 1. The summed E-state index contributed by atoms with van der Waals surface area (Å²) in [6, 6.07) is 17.6. The highest BCUT2D eigenvalue weighted by Crippen LogP contribution is 2.37. The van der Waals surface area contributed by atoms with Crippen molar-refractivity contribution >= 4 is 0 Å². The van der Waals surface area contributed by atoms with Crippen LogP contribution < -0.4 is 0 Å². The van der Waals surface area contributed by atoms with Gasteiger partial charge in [0.2, 0.25) is 0 Å². The Hall–Kier alpha value is -1.93. The molecule has 0 atom stereocenters. The highest BCUT2D eigenvalue weighted by Gasteiger charge is 2.21. The molecule has 0 spiro atoms. The summed E-state index contributed by atoms with van der Waals surface area (Å²) in [6.45, 7) is 0.656. The number of allylic oxidation sites excluding steroid dienone is 1. The number of ether oxygens (including phenoxy) is 1. The molecule has 3 rings (SSSR count). The van der Waals surface area contributed by atoms with Crippen molar-refractivity contribution in [1.29, 1.82) is 0 Å². The fraction of sp³-hybridized carbons (Fsp3) is 0.391. The standard InChI is InChI=1S/C23H27FO/c1-25-17-19-6-10-21(11-7-19)23-14-12-22(13-15-23)20-8-4-18(5-9-20)3-2-16-24/h2,6-7,10-16,18,20H,3-5,8-9,17H2,1H3/t18-,20-. The highest BCUT2D eigenvalue weighted by molar-refractivity contribution is 5.64. The van der Waals surface area contributed by atoms with Crippen LogP contribution in [0.15, 0.2) is 60.9 Å². The fourth-order valence-corrected chi connectivity index (χ4v) is 3.88. The van der Waals surface area contributed by atoms with Gasteiger partial charge in [-0.1, -0.05) is 54.6 Å². The van der Waals surface area contributed by atoms with Gasteiger partial charge in [0, 0.05) is 7.11 Å². The monoisotopic (exact) mass is 338 g/mol. The van der Waals surface area contributed by atoms with Crippen molar-refractivity contribution in [2.75, 3.05) is 7.11 Å². The quantitative estimate of drug-likeness (QED) is 0.573. The van der Waals surface area contributed by atoms with Crippen LogP contribution in [-0.4, -0.2) is 7.11 Å². The number of rotatable bonds is 6. The van der Waals surface area contributed by atoms with Crippen molar-refractivity contribution in [3.8, 4) is 11.1 Å². The average Bonchev–Trinajstić information content (AvgIpc) is 2.68. The Balaban J connectivity index is 1.61. The SMILES string of the molecule is COCc1ccc(-c2ccc([C@H]3CC[C@H](CC=CF)CC3)cc2)cc1. The average molecular weight is 338 g/mol. The molecule has 2 aromatic rings. The summed E-state index contributed by atoms with van der Waals surface area (Å²) < 4.78 is 17.3. The summed E-state index contributed by atoms with van der Waals surface area (Å²) in [5.41, 5.74) is 5.14. The minimum atomic E-state index is 0.656. The smallest absolute Gasteiger partial charge is 0.0827 e. The molecule has 0 bridgehead atoms. The Bertz CT molecular complexity index is 664. The van der Waals surface area contributed by atoms with E-state index in [0.717, 1.165) is 6.42 Å². The maximum Gasteiger partial charge on any atom is 0.0827 e. The molecular formula is C23H27FO. The van der Waals surface area contributed by atoms with Crippen molar-refractivity contribution < 1.29 is 9.13 Å². The van der Waals surface area contributed by atoms with E-state index in [1.807, 2.05) is 0 Å². The van der Waals surface area contributed by atoms with E-state index in [0.29, 0.717) is 24.8 Å². The zero-order valence-electron chi connectivity index (χ0n) is 15.0. The van der Waals surface area contributed by atoms with Gasteiger partial charge in [-0.05, 0) is 66.2 Å². The first kappa shape index (κ1) is 17.9. The summed E-state index contributed by atoms with van der Waals surface area (Å²) in [6.07, 6.45) is 8.09. The van der Waals surface area contributed by atoms with Gasteiger partial charge in [-0.25, -0.2) is 4.39 Å². The van der Waals surface area contributed by atoms with Crippen LogP contribution in [0.25, 0.3) is 11.1 Å². The summed E-state index contributed by atoms with van der Waals surface area (Å²) >= 11 is 0. The van der Waals surface area contributed by atoms with Gasteiger partial charge in [0.25, 0.3) is 0 Å². The number of methoxy groups -OCH3 is 1. The molecule has 1 nitrogen and oxygen atoms in total.